The van der Waals surface area contributed by atoms with Gasteiger partial charge >= 0.3 is 0 Å². The van der Waals surface area contributed by atoms with Crippen molar-refractivity contribution < 1.29 is 0 Å². The van der Waals surface area contributed by atoms with Crippen molar-refractivity contribution >= 4 is 103 Å². The van der Waals surface area contributed by atoms with Gasteiger partial charge in [-0.05, 0) is 144 Å². The summed E-state index contributed by atoms with van der Waals surface area (Å²) in [5.41, 5.74) is 15.1. The maximum atomic E-state index is 2.53. The lowest BCUT2D eigenvalue weighted by molar-refractivity contribution is 1.29. The zero-order valence-electron chi connectivity index (χ0n) is 37.4. The van der Waals surface area contributed by atoms with E-state index in [0.717, 1.165) is 0 Å². The molecule has 308 valence electrons. The Morgan fingerprint density at radius 3 is 1.16 bits per heavy atom. The molecule has 0 fully saturated rings. The Kier molecular flexibility index (Phi) is 8.62. The molecule has 0 radical (unpaired) electrons. The van der Waals surface area contributed by atoms with Gasteiger partial charge in [0.15, 0.2) is 0 Å². The van der Waals surface area contributed by atoms with Crippen LogP contribution in [-0.4, -0.2) is 16.1 Å². The molecule has 0 saturated carbocycles. The molecule has 0 spiro atoms. The third-order valence-electron chi connectivity index (χ3n) is 14.4. The number of hydrogen-bond acceptors (Lipinski definition) is 2. The summed E-state index contributed by atoms with van der Waals surface area (Å²) in [6, 6.07) is 74.0. The van der Waals surface area contributed by atoms with Crippen LogP contribution in [0.15, 0.2) is 194 Å². The summed E-state index contributed by atoms with van der Waals surface area (Å²) in [5.74, 6) is 0. The van der Waals surface area contributed by atoms with Crippen molar-refractivity contribution in [2.75, 3.05) is 9.80 Å². The number of aryl methyl sites for hydroxylation is 2. The van der Waals surface area contributed by atoms with Crippen LogP contribution in [0.3, 0.4) is 0 Å². The number of fused-ring (bicyclic) bond motifs is 7. The van der Waals surface area contributed by atoms with Gasteiger partial charge in [0, 0.05) is 34.1 Å². The van der Waals surface area contributed by atoms with Crippen molar-refractivity contribution in [1.29, 1.82) is 0 Å². The highest BCUT2D eigenvalue weighted by molar-refractivity contribution is 7.03. The van der Waals surface area contributed by atoms with Crippen LogP contribution in [0.25, 0.3) is 54.6 Å². The fourth-order valence-corrected chi connectivity index (χ4v) is 17.4. The van der Waals surface area contributed by atoms with Crippen LogP contribution in [0.4, 0.5) is 34.1 Å². The van der Waals surface area contributed by atoms with Gasteiger partial charge in [0.25, 0.3) is 0 Å². The van der Waals surface area contributed by atoms with Crippen LogP contribution in [-0.2, 0) is 0 Å². The standard InChI is InChI=1S/C60H50N2Si2/c1-39-33-40(2)35-44(34-39)60-48-32-30-45(61-51-19-9-13-23-55(51)63(3,4)56-24-14-10-20-52(56)61)37-49(48)59(43-28-27-41-17-7-8-18-42(41)36-43)47-31-29-46(38-50(47)60)62-53-21-11-15-25-57(53)64(5,6)58-26-16-12-22-54(58)62/h7-38H,1-6H3. The fraction of sp³-hybridized carbons (Fsp3) is 0.100. The monoisotopic (exact) mass is 854 g/mol. The zero-order chi connectivity index (χ0) is 43.5. The van der Waals surface area contributed by atoms with Crippen LogP contribution in [0.1, 0.15) is 11.1 Å². The molecule has 2 aliphatic heterocycles. The van der Waals surface area contributed by atoms with E-state index in [4.69, 9.17) is 0 Å². The molecule has 2 nitrogen and oxygen atoms in total. The molecule has 0 N–H and O–H groups in total. The van der Waals surface area contributed by atoms with E-state index in [0.29, 0.717) is 0 Å². The van der Waals surface area contributed by atoms with Gasteiger partial charge in [-0.25, -0.2) is 0 Å². The minimum Gasteiger partial charge on any atom is -0.311 e. The minimum absolute atomic E-state index is 1.18. The van der Waals surface area contributed by atoms with Gasteiger partial charge < -0.3 is 9.80 Å². The second-order valence-electron chi connectivity index (χ2n) is 19.1. The Balaban J connectivity index is 1.20. The smallest absolute Gasteiger partial charge is 0.117 e. The molecule has 0 saturated heterocycles. The molecular formula is C60H50N2Si2. The van der Waals surface area contributed by atoms with E-state index in [9.17, 15) is 0 Å². The van der Waals surface area contributed by atoms with Crippen molar-refractivity contribution in [2.45, 2.75) is 40.0 Å². The third kappa shape index (κ3) is 5.75. The predicted octanol–water partition coefficient (Wildman–Crippen LogP) is 14.3. The van der Waals surface area contributed by atoms with Crippen molar-refractivity contribution in [3.8, 4) is 22.3 Å². The van der Waals surface area contributed by atoms with E-state index in [1.165, 1.54) is 121 Å². The molecule has 0 aromatic heterocycles. The van der Waals surface area contributed by atoms with Crippen molar-refractivity contribution in [3.63, 3.8) is 0 Å². The van der Waals surface area contributed by atoms with E-state index < -0.39 is 16.1 Å². The fourth-order valence-electron chi connectivity index (χ4n) is 11.5. The molecule has 0 bridgehead atoms. The topological polar surface area (TPSA) is 6.48 Å². The van der Waals surface area contributed by atoms with Gasteiger partial charge in [-0.1, -0.05) is 177 Å². The molecule has 0 aliphatic carbocycles. The molecule has 10 aromatic carbocycles. The lowest BCUT2D eigenvalue weighted by Gasteiger charge is -2.41. The van der Waals surface area contributed by atoms with Crippen LogP contribution in [0.5, 0.6) is 0 Å². The zero-order valence-corrected chi connectivity index (χ0v) is 39.4. The number of rotatable bonds is 4. The number of hydrogen-bond donors (Lipinski definition) is 0. The van der Waals surface area contributed by atoms with Gasteiger partial charge in [-0.3, -0.25) is 0 Å². The Morgan fingerprint density at radius 2 is 0.703 bits per heavy atom. The molecule has 12 rings (SSSR count). The molecule has 2 heterocycles. The lowest BCUT2D eigenvalue weighted by atomic mass is 9.84. The summed E-state index contributed by atoms with van der Waals surface area (Å²) in [6.07, 6.45) is 0. The summed E-state index contributed by atoms with van der Waals surface area (Å²) in [7, 11) is -3.93. The summed E-state index contributed by atoms with van der Waals surface area (Å²) in [5, 5.41) is 13.4. The molecule has 64 heavy (non-hydrogen) atoms. The van der Waals surface area contributed by atoms with Gasteiger partial charge in [-0.15, -0.1) is 0 Å². The van der Waals surface area contributed by atoms with Crippen LogP contribution in [0.2, 0.25) is 26.2 Å². The van der Waals surface area contributed by atoms with E-state index >= 15 is 0 Å². The van der Waals surface area contributed by atoms with Gasteiger partial charge in [0.05, 0.1) is 0 Å². The summed E-state index contributed by atoms with van der Waals surface area (Å²) >= 11 is 0. The molecule has 0 amide bonds. The van der Waals surface area contributed by atoms with Crippen LogP contribution < -0.4 is 30.5 Å². The first-order valence-corrected chi connectivity index (χ1v) is 28.7. The first kappa shape index (κ1) is 38.7. The average Bonchev–Trinajstić information content (AvgIpc) is 3.30. The first-order chi connectivity index (χ1) is 31.1. The van der Waals surface area contributed by atoms with Crippen molar-refractivity contribution in [1.82, 2.24) is 0 Å². The van der Waals surface area contributed by atoms with E-state index in [2.05, 4.69) is 244 Å². The Hall–Kier alpha value is -6.99. The minimum atomic E-state index is -1.97. The number of anilines is 6. The second kappa shape index (κ2) is 14.3. The molecule has 2 aliphatic rings. The molecule has 0 unspecified atom stereocenters. The Morgan fingerprint density at radius 1 is 0.312 bits per heavy atom. The van der Waals surface area contributed by atoms with E-state index in [-0.39, 0.29) is 0 Å². The highest BCUT2D eigenvalue weighted by Crippen LogP contribution is 2.49. The average molecular weight is 855 g/mol. The SMILES string of the molecule is Cc1cc(C)cc(-c2c3ccc(N4c5ccccc5[Si](C)(C)c5ccccc54)cc3c(-c3ccc4ccccc4c3)c3ccc(N4c5ccccc5[Si](C)(C)c5ccccc54)cc23)c1. The van der Waals surface area contributed by atoms with Crippen LogP contribution >= 0.6 is 0 Å². The normalized spacial score (nSPS) is 14.6. The largest absolute Gasteiger partial charge is 0.311 e. The number of nitrogens with zero attached hydrogens (tertiary/aromatic N) is 2. The van der Waals surface area contributed by atoms with Crippen molar-refractivity contribution in [2.24, 2.45) is 0 Å². The van der Waals surface area contributed by atoms with Gasteiger partial charge in [0.2, 0.25) is 0 Å². The molecule has 10 aromatic rings. The summed E-state index contributed by atoms with van der Waals surface area (Å²) in [6.45, 7) is 14.5. The summed E-state index contributed by atoms with van der Waals surface area (Å²) < 4.78 is 0. The van der Waals surface area contributed by atoms with Crippen molar-refractivity contribution in [3.05, 3.63) is 205 Å². The third-order valence-corrected chi connectivity index (χ3v) is 21.5. The predicted molar refractivity (Wildman–Crippen MR) is 282 cm³/mol. The highest BCUT2D eigenvalue weighted by atomic mass is 28.3. The quantitative estimate of drug-likeness (QED) is 0.129. The summed E-state index contributed by atoms with van der Waals surface area (Å²) in [4.78, 5) is 5.07. The number of para-hydroxylation sites is 4. The molecule has 0 atom stereocenters. The Bertz CT molecular complexity index is 3450. The van der Waals surface area contributed by atoms with Gasteiger partial charge in [-0.2, -0.15) is 0 Å². The van der Waals surface area contributed by atoms with Gasteiger partial charge in [0.1, 0.15) is 16.1 Å². The Labute approximate surface area is 378 Å². The molecule has 4 heteroatoms. The molecular weight excluding hydrogens is 805 g/mol. The maximum Gasteiger partial charge on any atom is 0.117 e. The number of benzene rings is 10. The van der Waals surface area contributed by atoms with Crippen LogP contribution in [0, 0.1) is 13.8 Å². The second-order valence-corrected chi connectivity index (χ2v) is 27.8. The lowest BCUT2D eigenvalue weighted by Crippen LogP contribution is -2.58. The highest BCUT2D eigenvalue weighted by Gasteiger charge is 2.40. The van der Waals surface area contributed by atoms with E-state index in [1.54, 1.807) is 0 Å². The van der Waals surface area contributed by atoms with E-state index in [1.807, 2.05) is 0 Å². The first-order valence-electron chi connectivity index (χ1n) is 22.7. The maximum absolute atomic E-state index is 2.53.